The molecule has 0 atom stereocenters. The molecule has 1 aromatic rings. The van der Waals surface area contributed by atoms with Gasteiger partial charge in [0.15, 0.2) is 0 Å². The second-order valence-corrected chi connectivity index (χ2v) is 4.06. The zero-order valence-corrected chi connectivity index (χ0v) is 10.6. The molecule has 0 aromatic carbocycles. The van der Waals surface area contributed by atoms with Gasteiger partial charge in [0, 0.05) is 19.6 Å². The van der Waals surface area contributed by atoms with Gasteiger partial charge in [-0.25, -0.2) is 4.98 Å². The minimum Gasteiger partial charge on any atom is -0.370 e. The van der Waals surface area contributed by atoms with Gasteiger partial charge in [-0.15, -0.1) is 0 Å². The maximum atomic E-state index is 10.8. The fourth-order valence-electron chi connectivity index (χ4n) is 1.32. The second kappa shape index (κ2) is 5.47. The Hall–Kier alpha value is -1.85. The quantitative estimate of drug-likeness (QED) is 0.629. The molecule has 0 amide bonds. The number of anilines is 2. The van der Waals surface area contributed by atoms with Crippen molar-refractivity contribution in [1.82, 2.24) is 4.98 Å². The van der Waals surface area contributed by atoms with Crippen LogP contribution in [0.1, 0.15) is 20.8 Å². The van der Waals surface area contributed by atoms with E-state index < -0.39 is 4.92 Å². The lowest BCUT2D eigenvalue weighted by Gasteiger charge is -2.22. The maximum Gasteiger partial charge on any atom is 0.276 e. The summed E-state index contributed by atoms with van der Waals surface area (Å²) in [6.07, 6.45) is 0. The van der Waals surface area contributed by atoms with Crippen LogP contribution in [0.2, 0.25) is 0 Å². The van der Waals surface area contributed by atoms with Crippen LogP contribution in [0.25, 0.3) is 0 Å². The lowest BCUT2D eigenvalue weighted by Crippen LogP contribution is -2.26. The average molecular weight is 238 g/mol. The van der Waals surface area contributed by atoms with Crippen LogP contribution >= 0.6 is 0 Å². The number of hydrogen-bond donors (Lipinski definition) is 1. The predicted octanol–water partition coefficient (Wildman–Crippen LogP) is 2.27. The SMILES string of the molecule is CCNc1cc([N+](=O)[O-])cc(N(C)C(C)C)n1. The van der Waals surface area contributed by atoms with Crippen molar-refractivity contribution >= 4 is 17.3 Å². The zero-order chi connectivity index (χ0) is 13.0. The molecule has 6 heteroatoms. The van der Waals surface area contributed by atoms with E-state index in [1.807, 2.05) is 32.7 Å². The molecule has 0 saturated carbocycles. The van der Waals surface area contributed by atoms with Crippen molar-refractivity contribution in [2.24, 2.45) is 0 Å². The Morgan fingerprint density at radius 2 is 2.18 bits per heavy atom. The Morgan fingerprint density at radius 1 is 1.53 bits per heavy atom. The first-order valence-corrected chi connectivity index (χ1v) is 5.59. The smallest absolute Gasteiger partial charge is 0.276 e. The predicted molar refractivity (Wildman–Crippen MR) is 68.6 cm³/mol. The molecule has 94 valence electrons. The average Bonchev–Trinajstić information content (AvgIpc) is 2.27. The van der Waals surface area contributed by atoms with Gasteiger partial charge in [0.1, 0.15) is 11.6 Å². The minimum absolute atomic E-state index is 0.0541. The lowest BCUT2D eigenvalue weighted by molar-refractivity contribution is -0.384. The van der Waals surface area contributed by atoms with Crippen LogP contribution in [-0.2, 0) is 0 Å². The summed E-state index contributed by atoms with van der Waals surface area (Å²) in [4.78, 5) is 16.7. The standard InChI is InChI=1S/C11H18N4O2/c1-5-12-10-6-9(15(16)17)7-11(13-10)14(4)8(2)3/h6-8H,5H2,1-4H3,(H,12,13). The third-order valence-electron chi connectivity index (χ3n) is 2.50. The van der Waals surface area contributed by atoms with Gasteiger partial charge in [0.2, 0.25) is 0 Å². The van der Waals surface area contributed by atoms with Crippen molar-refractivity contribution in [3.05, 3.63) is 22.2 Å². The largest absolute Gasteiger partial charge is 0.370 e. The van der Waals surface area contributed by atoms with Crippen molar-refractivity contribution in [2.45, 2.75) is 26.8 Å². The highest BCUT2D eigenvalue weighted by Crippen LogP contribution is 2.23. The molecular formula is C11H18N4O2. The Kier molecular flexibility index (Phi) is 4.25. The zero-order valence-electron chi connectivity index (χ0n) is 10.6. The molecule has 6 nitrogen and oxygen atoms in total. The summed E-state index contributed by atoms with van der Waals surface area (Å²) in [6, 6.07) is 3.17. The van der Waals surface area contributed by atoms with Gasteiger partial charge in [-0.3, -0.25) is 10.1 Å². The molecule has 0 fully saturated rings. The fourth-order valence-corrected chi connectivity index (χ4v) is 1.32. The van der Waals surface area contributed by atoms with Crippen LogP contribution in [0, 0.1) is 10.1 Å². The normalized spacial score (nSPS) is 10.4. The van der Waals surface area contributed by atoms with Gasteiger partial charge in [-0.2, -0.15) is 0 Å². The third kappa shape index (κ3) is 3.30. The number of aromatic nitrogens is 1. The highest BCUT2D eigenvalue weighted by molar-refractivity contribution is 5.55. The molecule has 0 spiro atoms. The monoisotopic (exact) mass is 238 g/mol. The first-order valence-electron chi connectivity index (χ1n) is 5.59. The summed E-state index contributed by atoms with van der Waals surface area (Å²) in [5.41, 5.74) is 0.0541. The molecule has 0 aliphatic rings. The van der Waals surface area contributed by atoms with Crippen LogP contribution in [-0.4, -0.2) is 29.5 Å². The van der Waals surface area contributed by atoms with Gasteiger partial charge in [0.25, 0.3) is 5.69 Å². The lowest BCUT2D eigenvalue weighted by atomic mass is 10.3. The number of rotatable bonds is 5. The van der Waals surface area contributed by atoms with Gasteiger partial charge in [0.05, 0.1) is 17.1 Å². The van der Waals surface area contributed by atoms with E-state index in [0.29, 0.717) is 18.2 Å². The van der Waals surface area contributed by atoms with Crippen molar-refractivity contribution in [1.29, 1.82) is 0 Å². The van der Waals surface area contributed by atoms with Crippen molar-refractivity contribution in [2.75, 3.05) is 23.8 Å². The molecule has 1 rings (SSSR count). The minimum atomic E-state index is -0.403. The number of nitrogens with zero attached hydrogens (tertiary/aromatic N) is 3. The molecule has 17 heavy (non-hydrogen) atoms. The van der Waals surface area contributed by atoms with Gasteiger partial charge in [-0.05, 0) is 20.8 Å². The number of nitro groups is 1. The van der Waals surface area contributed by atoms with Gasteiger partial charge >= 0.3 is 0 Å². The van der Waals surface area contributed by atoms with Crippen molar-refractivity contribution < 1.29 is 4.92 Å². The topological polar surface area (TPSA) is 71.3 Å². The molecule has 0 aliphatic carbocycles. The van der Waals surface area contributed by atoms with E-state index in [1.165, 1.54) is 12.1 Å². The Balaban J connectivity index is 3.16. The summed E-state index contributed by atoms with van der Waals surface area (Å²) in [6.45, 7) is 6.62. The van der Waals surface area contributed by atoms with E-state index >= 15 is 0 Å². The maximum absolute atomic E-state index is 10.8. The number of pyridine rings is 1. The van der Waals surface area contributed by atoms with E-state index in [1.54, 1.807) is 0 Å². The second-order valence-electron chi connectivity index (χ2n) is 4.06. The molecule has 1 aromatic heterocycles. The summed E-state index contributed by atoms with van der Waals surface area (Å²) >= 11 is 0. The van der Waals surface area contributed by atoms with E-state index in [2.05, 4.69) is 10.3 Å². The Bertz CT molecular complexity index is 406. The van der Waals surface area contributed by atoms with E-state index in [0.717, 1.165) is 0 Å². The molecule has 1 N–H and O–H groups in total. The van der Waals surface area contributed by atoms with Crippen LogP contribution in [0.3, 0.4) is 0 Å². The number of hydrogen-bond acceptors (Lipinski definition) is 5. The van der Waals surface area contributed by atoms with Crippen molar-refractivity contribution in [3.63, 3.8) is 0 Å². The molecular weight excluding hydrogens is 220 g/mol. The first kappa shape index (κ1) is 13.2. The van der Waals surface area contributed by atoms with Crippen LogP contribution in [0.4, 0.5) is 17.3 Å². The number of nitrogens with one attached hydrogen (secondary N) is 1. The first-order chi connectivity index (χ1) is 7.95. The van der Waals surface area contributed by atoms with E-state index in [4.69, 9.17) is 0 Å². The Morgan fingerprint density at radius 3 is 2.65 bits per heavy atom. The molecule has 0 unspecified atom stereocenters. The summed E-state index contributed by atoms with van der Waals surface area (Å²) in [5.74, 6) is 1.13. The molecule has 0 aliphatic heterocycles. The highest BCUT2D eigenvalue weighted by atomic mass is 16.6. The molecule has 1 heterocycles. The highest BCUT2D eigenvalue weighted by Gasteiger charge is 2.14. The van der Waals surface area contributed by atoms with Crippen LogP contribution < -0.4 is 10.2 Å². The molecule has 0 radical (unpaired) electrons. The Labute approximate surface area is 101 Å². The van der Waals surface area contributed by atoms with Gasteiger partial charge in [-0.1, -0.05) is 0 Å². The van der Waals surface area contributed by atoms with E-state index in [9.17, 15) is 10.1 Å². The molecule has 0 saturated heterocycles. The van der Waals surface area contributed by atoms with E-state index in [-0.39, 0.29) is 11.7 Å². The summed E-state index contributed by atoms with van der Waals surface area (Å²) in [7, 11) is 1.87. The van der Waals surface area contributed by atoms with Gasteiger partial charge < -0.3 is 10.2 Å². The van der Waals surface area contributed by atoms with Crippen LogP contribution in [0.15, 0.2) is 12.1 Å². The fraction of sp³-hybridized carbons (Fsp3) is 0.545. The summed E-state index contributed by atoms with van der Waals surface area (Å²) < 4.78 is 0. The third-order valence-corrected chi connectivity index (χ3v) is 2.50. The van der Waals surface area contributed by atoms with Crippen molar-refractivity contribution in [3.8, 4) is 0 Å². The summed E-state index contributed by atoms with van der Waals surface area (Å²) in [5, 5.41) is 13.8. The molecule has 0 bridgehead atoms. The van der Waals surface area contributed by atoms with Crippen LogP contribution in [0.5, 0.6) is 0 Å².